The lowest BCUT2D eigenvalue weighted by Crippen LogP contribution is -2.65. The molecule has 7 heterocycles. The SMILES string of the molecule is CCCCCCCCCCNCCNC1(C)C[C@@H](OC2[C@H](Oc3c4cc5cc3Oc3ccc(cc3Cl)[C@H](O)[C@@H](NC(=O)[C@@H](CC(C)C)NC)C(=O)N[C@@H](CC(N)=O)C(=O)N[C@H]5C(=O)N[C@H]3C(=O)N[C@H](C(=O)N[C@H](C(=O)O)c5cc(O)c(CNCP(=O)(O)O)c(O)c5-c5cc3ccc5O)[C@H](O)c3ccc(c(Cl)c3)O4)OC(CO)[C@@H](O)[C@@H]2O)O[C@@H](C)[C@H]1O. The first-order chi connectivity index (χ1) is 57.3. The van der Waals surface area contributed by atoms with Gasteiger partial charge in [-0.25, -0.2) is 4.79 Å². The predicted molar refractivity (Wildman–Crippen MR) is 432 cm³/mol. The number of unbranched alkanes of at least 4 members (excludes halogenated alkanes) is 7. The summed E-state index contributed by atoms with van der Waals surface area (Å²) in [7, 11) is -3.38. The van der Waals surface area contributed by atoms with Crippen LogP contribution >= 0.6 is 30.8 Å². The molecule has 38 nitrogen and oxygen atoms in total. The number of carboxylic acid groups (broad SMARTS) is 1. The van der Waals surface area contributed by atoms with Gasteiger partial charge in [-0.2, -0.15) is 0 Å². The Balaban J connectivity index is 1.17. The van der Waals surface area contributed by atoms with E-state index >= 15 is 24.0 Å². The second-order valence-electron chi connectivity index (χ2n) is 31.3. The molecule has 2 fully saturated rings. The van der Waals surface area contributed by atoms with E-state index in [9.17, 15) is 79.8 Å². The third kappa shape index (κ3) is 23.0. The van der Waals surface area contributed by atoms with Crippen molar-refractivity contribution in [3.63, 3.8) is 0 Å². The number of aromatic hydroxyl groups is 3. The molecule has 5 aromatic carbocycles. The number of aliphatic carboxylic acids is 1. The summed E-state index contributed by atoms with van der Waals surface area (Å²) in [6.45, 7) is 8.98. The Hall–Kier alpha value is -9.13. The molecule has 12 rings (SSSR count). The highest BCUT2D eigenvalue weighted by molar-refractivity contribution is 7.51. The number of carbonyl (C=O) groups excluding carboxylic acids is 7. The fourth-order valence-corrected chi connectivity index (χ4v) is 16.0. The molecular weight excluding hydrogens is 1650 g/mol. The minimum absolute atomic E-state index is 0.123. The second-order valence-corrected chi connectivity index (χ2v) is 33.7. The fraction of sp³-hybridized carbons (Fsp3) is 0.525. The van der Waals surface area contributed by atoms with E-state index in [0.717, 1.165) is 86.5 Å². The zero-order valence-corrected chi connectivity index (χ0v) is 69.5. The van der Waals surface area contributed by atoms with Crippen molar-refractivity contribution < 1.29 is 132 Å². The molecule has 41 heteroatoms. The molecule has 0 radical (unpaired) electrons. The van der Waals surface area contributed by atoms with E-state index in [1.807, 2.05) is 13.8 Å². The quantitative estimate of drug-likeness (QED) is 0.0232. The molecule has 0 aliphatic carbocycles. The lowest BCUT2D eigenvalue weighted by atomic mass is 9.85. The third-order valence-corrected chi connectivity index (χ3v) is 22.9. The van der Waals surface area contributed by atoms with Crippen molar-refractivity contribution in [2.45, 2.75) is 221 Å². The lowest BCUT2D eigenvalue weighted by molar-refractivity contribution is -0.334. The van der Waals surface area contributed by atoms with E-state index in [2.05, 4.69) is 60.1 Å². The van der Waals surface area contributed by atoms with Crippen LogP contribution < -0.4 is 73.1 Å². The van der Waals surface area contributed by atoms with Gasteiger partial charge in [-0.05, 0) is 123 Å². The Kier molecular flexibility index (Phi) is 32.2. The van der Waals surface area contributed by atoms with Gasteiger partial charge in [0, 0.05) is 48.3 Å². The maximum atomic E-state index is 16.3. The van der Waals surface area contributed by atoms with Crippen molar-refractivity contribution >= 4 is 78.1 Å². The van der Waals surface area contributed by atoms with E-state index < -0.39 is 269 Å². The first-order valence-corrected chi connectivity index (χ1v) is 42.3. The highest BCUT2D eigenvalue weighted by atomic mass is 35.5. The molecule has 0 aromatic heterocycles. The number of ether oxygens (including phenoxy) is 6. The lowest BCUT2D eigenvalue weighted by Gasteiger charge is -2.48. The molecule has 24 N–H and O–H groups in total. The number of hydrogen-bond acceptors (Lipinski definition) is 28. The summed E-state index contributed by atoms with van der Waals surface area (Å²) in [5.74, 6) is -17.1. The number of carbonyl (C=O) groups is 8. The maximum absolute atomic E-state index is 16.3. The summed E-state index contributed by atoms with van der Waals surface area (Å²) >= 11 is 14.3. The Morgan fingerprint density at radius 3 is 1.91 bits per heavy atom. The summed E-state index contributed by atoms with van der Waals surface area (Å²) in [5, 5.41) is 144. The van der Waals surface area contributed by atoms with Crippen molar-refractivity contribution in [3.8, 4) is 57.1 Å². The van der Waals surface area contributed by atoms with Crippen LogP contribution in [-0.4, -0.2) is 227 Å². The van der Waals surface area contributed by atoms with E-state index in [4.69, 9.17) is 57.4 Å². The molecule has 0 spiro atoms. The molecule has 7 aliphatic rings. The Bertz CT molecular complexity index is 4650. The van der Waals surface area contributed by atoms with Gasteiger partial charge >= 0.3 is 13.6 Å². The molecule has 5 aromatic rings. The number of aliphatic hydroxyl groups is 6. The van der Waals surface area contributed by atoms with Crippen molar-refractivity contribution in [2.24, 2.45) is 11.7 Å². The molecule has 662 valence electrons. The molecule has 0 saturated carbocycles. The highest BCUT2D eigenvalue weighted by Crippen LogP contribution is 2.51. The zero-order valence-electron chi connectivity index (χ0n) is 67.1. The van der Waals surface area contributed by atoms with Gasteiger partial charge < -0.3 is 148 Å². The van der Waals surface area contributed by atoms with Crippen LogP contribution in [0.3, 0.4) is 0 Å². The number of halogens is 2. The Morgan fingerprint density at radius 1 is 0.694 bits per heavy atom. The van der Waals surface area contributed by atoms with Gasteiger partial charge in [0.05, 0.1) is 53.2 Å². The van der Waals surface area contributed by atoms with Crippen LogP contribution in [-0.2, 0) is 63.7 Å². The number of nitrogens with one attached hydrogen (secondary N) is 10. The molecule has 11 bridgehead atoms. The highest BCUT2D eigenvalue weighted by Gasteiger charge is 2.52. The average Bonchev–Trinajstić information content (AvgIpc) is 1.36. The van der Waals surface area contributed by atoms with Gasteiger partial charge in [-0.3, -0.25) is 38.1 Å². The largest absolute Gasteiger partial charge is 0.507 e. The topological polar surface area (TPSA) is 598 Å². The fourth-order valence-electron chi connectivity index (χ4n) is 15.2. The van der Waals surface area contributed by atoms with E-state index in [0.29, 0.717) is 13.1 Å². The summed E-state index contributed by atoms with van der Waals surface area (Å²) < 4.78 is 51.4. The number of primary amides is 1. The molecule has 121 heavy (non-hydrogen) atoms. The number of phenolic OH excluding ortho intramolecular Hbond substituents is 3. The van der Waals surface area contributed by atoms with Crippen LogP contribution in [0.4, 0.5) is 0 Å². The number of rotatable bonds is 30. The number of likely N-dealkylation sites (N-methyl/N-ethyl adjacent to an activating group) is 1. The second kappa shape index (κ2) is 41.4. The number of amides is 7. The number of phenols is 3. The van der Waals surface area contributed by atoms with Gasteiger partial charge in [-0.15, -0.1) is 0 Å². The van der Waals surface area contributed by atoms with Crippen molar-refractivity contribution in [1.82, 2.24) is 53.2 Å². The number of hydrogen-bond donors (Lipinski definition) is 23. The molecule has 2 saturated heterocycles. The number of aliphatic hydroxyl groups excluding tert-OH is 6. The standard InChI is InChI=1S/C80H106Cl2N11O27P/c1-7-8-9-10-11-12-13-14-21-85-22-23-87-80(5)32-57(115-37(4)71(80)103)119-70-68(102)67(101)55(34-94)118-79(70)120-69-53-28-41-29-54(69)117-52-20-17-40(27-46(52)82)65(99)63-77(109)91-61(78(110)111)43-30-50(96)44(33-86-35-121(112,113)114)66(100)58(43)42-25-38(15-18-49(42)95)59(74(106)93-63)90-75(107)60(41)89-73(105)48(31-56(83)97)88-76(108)62(92-72(104)47(84-6)24-36(2)3)64(98)39-16-19-51(116-53)45(81)26-39/h15-20,25-30,36-37,47-48,55,57,59-65,67-68,70-71,79,84-87,94-96,98-103H,7-14,21-24,31-35H2,1-6H3,(H2,83,97)(H,88,108)(H,89,105)(H,90,107)(H,91,109)(H,92,104)(H,93,106)(H,110,111)(H2,112,113,114)/t37-,47+,48-,55?,57+,59+,60+,61-,62+,63-,64-,65+,67+,68-,70?,71+,79-,80?/m0/s1. The van der Waals surface area contributed by atoms with Crippen LogP contribution in [0.1, 0.15) is 169 Å². The molecule has 7 amide bonds. The van der Waals surface area contributed by atoms with Gasteiger partial charge in [0.15, 0.2) is 29.9 Å². The monoisotopic (exact) mass is 1750 g/mol. The number of carboxylic acids is 1. The zero-order chi connectivity index (χ0) is 88.2. The maximum Gasteiger partial charge on any atom is 0.339 e. The summed E-state index contributed by atoms with van der Waals surface area (Å²) in [6.07, 6.45) is -10.6. The molecule has 18 atom stereocenters. The van der Waals surface area contributed by atoms with Crippen LogP contribution in [0, 0.1) is 5.92 Å². The van der Waals surface area contributed by atoms with E-state index in [-0.39, 0.29) is 40.7 Å². The van der Waals surface area contributed by atoms with E-state index in [1.54, 1.807) is 13.8 Å². The van der Waals surface area contributed by atoms with Gasteiger partial charge in [0.25, 0.3) is 0 Å². The molecule has 3 unspecified atom stereocenters. The normalized spacial score (nSPS) is 26.7. The smallest absolute Gasteiger partial charge is 0.339 e. The number of benzene rings is 5. The van der Waals surface area contributed by atoms with Crippen LogP contribution in [0.15, 0.2) is 72.8 Å². The molecule has 7 aliphatic heterocycles. The van der Waals surface area contributed by atoms with Gasteiger partial charge in [0.1, 0.15) is 89.5 Å². The van der Waals surface area contributed by atoms with Gasteiger partial charge in [0.2, 0.25) is 53.4 Å². The number of nitrogens with two attached hydrogens (primary N) is 1. The average molecular weight is 1760 g/mol. The third-order valence-electron chi connectivity index (χ3n) is 21.7. The van der Waals surface area contributed by atoms with Crippen molar-refractivity contribution in [1.29, 1.82) is 0 Å². The minimum atomic E-state index is -4.85. The van der Waals surface area contributed by atoms with Crippen LogP contribution in [0.2, 0.25) is 10.0 Å². The number of fused-ring (bicyclic) bond motifs is 15. The van der Waals surface area contributed by atoms with Crippen molar-refractivity contribution in [3.05, 3.63) is 116 Å². The predicted octanol–water partition coefficient (Wildman–Crippen LogP) is 2.69. The summed E-state index contributed by atoms with van der Waals surface area (Å²) in [5.41, 5.74) is 0.545. The molecular formula is C80H106Cl2N11O27P. The van der Waals surface area contributed by atoms with Gasteiger partial charge in [-0.1, -0.05) is 107 Å². The van der Waals surface area contributed by atoms with Crippen LogP contribution in [0.25, 0.3) is 11.1 Å². The summed E-state index contributed by atoms with van der Waals surface area (Å²) in [6, 6.07) is -2.39. The minimum Gasteiger partial charge on any atom is -0.507 e. The first-order valence-electron chi connectivity index (χ1n) is 39.7. The Morgan fingerprint density at radius 2 is 1.31 bits per heavy atom. The van der Waals surface area contributed by atoms with Crippen molar-refractivity contribution in [2.75, 3.05) is 39.6 Å². The summed E-state index contributed by atoms with van der Waals surface area (Å²) in [4.78, 5) is 138. The first kappa shape index (κ1) is 94.1. The van der Waals surface area contributed by atoms with E-state index in [1.165, 1.54) is 51.3 Å². The van der Waals surface area contributed by atoms with Crippen LogP contribution in [0.5, 0.6) is 46.0 Å². The Labute approximate surface area is 705 Å².